The van der Waals surface area contributed by atoms with Crippen LogP contribution in [0.4, 0.5) is 35.4 Å². The number of nitrogens with one attached hydrogen (secondary N) is 2. The van der Waals surface area contributed by atoms with Crippen LogP contribution in [0.2, 0.25) is 0 Å². The predicted octanol–water partition coefficient (Wildman–Crippen LogP) is 2.43. The van der Waals surface area contributed by atoms with E-state index in [1.54, 1.807) is 12.3 Å². The van der Waals surface area contributed by atoms with Gasteiger partial charge in [-0.15, -0.1) is 0 Å². The van der Waals surface area contributed by atoms with Crippen molar-refractivity contribution in [3.63, 3.8) is 0 Å². The van der Waals surface area contributed by atoms with Crippen molar-refractivity contribution in [1.29, 1.82) is 0 Å². The van der Waals surface area contributed by atoms with E-state index >= 15 is 8.78 Å². The number of fused-ring (bicyclic) bond motifs is 1. The second kappa shape index (κ2) is 10.8. The molecule has 6 N–H and O–H groups in total. The summed E-state index contributed by atoms with van der Waals surface area (Å²) in [4.78, 5) is 36.7. The number of nitrogens with zero attached hydrogens (tertiary/aromatic N) is 5. The molecule has 3 aliphatic rings. The molecule has 1 unspecified atom stereocenters. The molecule has 0 radical (unpaired) electrons. The number of nitrogens with two attached hydrogens (primary N) is 1. The maximum absolute atomic E-state index is 15.4. The van der Waals surface area contributed by atoms with Gasteiger partial charge in [0.2, 0.25) is 6.26 Å². The zero-order valence-electron chi connectivity index (χ0n) is 22.4. The maximum atomic E-state index is 15.4. The minimum Gasteiger partial charge on any atom is -0.598 e. The number of rotatable bonds is 5. The number of benzene rings is 2. The van der Waals surface area contributed by atoms with Crippen molar-refractivity contribution in [1.82, 2.24) is 15.4 Å². The number of amides is 3. The summed E-state index contributed by atoms with van der Waals surface area (Å²) in [6.45, 7) is 0.890. The van der Waals surface area contributed by atoms with Gasteiger partial charge in [0.1, 0.15) is 11.5 Å². The summed E-state index contributed by atoms with van der Waals surface area (Å²) in [5.74, 6) is -1.54. The van der Waals surface area contributed by atoms with E-state index in [2.05, 4.69) is 20.7 Å². The van der Waals surface area contributed by atoms with Crippen LogP contribution in [0.5, 0.6) is 0 Å². The van der Waals surface area contributed by atoms with E-state index in [-0.39, 0.29) is 56.0 Å². The number of hydrazine groups is 1. The zero-order valence-corrected chi connectivity index (χ0v) is 22.4. The monoisotopic (exact) mass is 579 g/mol. The third-order valence-corrected chi connectivity index (χ3v) is 7.49. The first-order valence-corrected chi connectivity index (χ1v) is 13.3. The predicted molar refractivity (Wildman–Crippen MR) is 153 cm³/mol. The molecule has 1 saturated carbocycles. The number of anilines is 3. The largest absolute Gasteiger partial charge is 0.598 e. The van der Waals surface area contributed by atoms with Gasteiger partial charge in [0.05, 0.1) is 36.4 Å². The number of urea groups is 1. The highest BCUT2D eigenvalue weighted by Gasteiger charge is 2.64. The van der Waals surface area contributed by atoms with Gasteiger partial charge in [-0.05, 0) is 24.3 Å². The standard InChI is InChI=1S/C28H28F2N8O4/c29-20-13-19(37-16-28(42-27(37)41)15-23(28)35-24(31)5-11-39)14-21(30)25(20)36-8-7-33-38(10-9-36)26(40)34-18-3-4-22-17(12-18)2-1-6-32-22/h1-6,11-14,23,33,39H,7-10,15-16H2,(H2,31,35)(H,34,40)/p+1/b11-5-/t23?,28-/m1/s1. The molecular weight excluding hydrogens is 550 g/mol. The normalized spacial score (nSPS) is 22.6. The van der Waals surface area contributed by atoms with E-state index in [1.165, 1.54) is 20.9 Å². The van der Waals surface area contributed by atoms with Crippen LogP contribution in [-0.2, 0) is 4.74 Å². The van der Waals surface area contributed by atoms with E-state index in [4.69, 9.17) is 15.6 Å². The van der Waals surface area contributed by atoms with Crippen LogP contribution in [0.15, 0.2) is 66.0 Å². The molecule has 1 aliphatic carbocycles. The van der Waals surface area contributed by atoms with E-state index in [9.17, 15) is 9.59 Å². The Morgan fingerprint density at radius 3 is 2.81 bits per heavy atom. The average molecular weight is 580 g/mol. The van der Waals surface area contributed by atoms with E-state index < -0.39 is 29.4 Å². The minimum atomic E-state index is -0.909. The van der Waals surface area contributed by atoms with Gasteiger partial charge in [0, 0.05) is 55.5 Å². The Morgan fingerprint density at radius 1 is 1.21 bits per heavy atom. The molecule has 6 rings (SSSR count). The van der Waals surface area contributed by atoms with Crippen molar-refractivity contribution >= 4 is 45.9 Å². The second-order valence-corrected chi connectivity index (χ2v) is 10.3. The van der Waals surface area contributed by atoms with Gasteiger partial charge in [-0.2, -0.15) is 0 Å². The Labute approximate surface area is 239 Å². The SMILES string of the molecule is NC(/C=C\[OH2+])=NC1C[C@@]12CN(c1cc(F)c(N3CCNN(C(=O)Nc4ccc5ncccc5c4)CC3)c(F)c1)C(=O)O2. The number of amidine groups is 1. The van der Waals surface area contributed by atoms with Crippen molar-refractivity contribution < 1.29 is 28.2 Å². The lowest BCUT2D eigenvalue weighted by Crippen LogP contribution is -2.46. The van der Waals surface area contributed by atoms with Crippen molar-refractivity contribution in [3.05, 3.63) is 72.6 Å². The van der Waals surface area contributed by atoms with E-state index in [0.29, 0.717) is 12.1 Å². The highest BCUT2D eigenvalue weighted by atomic mass is 19.1. The molecule has 14 heteroatoms. The summed E-state index contributed by atoms with van der Waals surface area (Å²) in [5.41, 5.74) is 9.01. The molecule has 12 nitrogen and oxygen atoms in total. The first kappa shape index (κ1) is 27.2. The number of ether oxygens (including phenoxy) is 1. The van der Waals surface area contributed by atoms with Crippen LogP contribution in [0.3, 0.4) is 0 Å². The van der Waals surface area contributed by atoms with Crippen molar-refractivity contribution in [2.24, 2.45) is 10.7 Å². The topological polar surface area (TPSA) is 151 Å². The summed E-state index contributed by atoms with van der Waals surface area (Å²) < 4.78 is 36.3. The molecule has 42 heavy (non-hydrogen) atoms. The lowest BCUT2D eigenvalue weighted by Gasteiger charge is -2.25. The maximum Gasteiger partial charge on any atom is 0.415 e. The molecule has 1 spiro atoms. The minimum absolute atomic E-state index is 0.0313. The van der Waals surface area contributed by atoms with Gasteiger partial charge in [-0.1, -0.05) is 6.07 Å². The Hall–Kier alpha value is -4.98. The second-order valence-electron chi connectivity index (χ2n) is 10.3. The third kappa shape index (κ3) is 5.23. The Morgan fingerprint density at radius 2 is 2.02 bits per heavy atom. The number of halogens is 2. The number of aromatic nitrogens is 1. The highest BCUT2D eigenvalue weighted by Crippen LogP contribution is 2.48. The number of hydrogen-bond acceptors (Lipinski definition) is 7. The van der Waals surface area contributed by atoms with Gasteiger partial charge < -0.3 is 25.8 Å². The van der Waals surface area contributed by atoms with Gasteiger partial charge in [0.15, 0.2) is 17.2 Å². The molecular formula is C28H29F2N8O4+. The van der Waals surface area contributed by atoms with Gasteiger partial charge >= 0.3 is 12.1 Å². The van der Waals surface area contributed by atoms with Crippen LogP contribution in [0.1, 0.15) is 6.42 Å². The number of carbonyl (C=O) groups excluding carboxylic acids is 2. The van der Waals surface area contributed by atoms with Crippen LogP contribution in [0.25, 0.3) is 10.9 Å². The molecule has 3 heterocycles. The number of carbonyl (C=O) groups is 2. The van der Waals surface area contributed by atoms with Crippen LogP contribution < -0.4 is 26.3 Å². The Bertz CT molecular complexity index is 1590. The summed E-state index contributed by atoms with van der Waals surface area (Å²) >= 11 is 0. The first-order valence-electron chi connectivity index (χ1n) is 13.3. The van der Waals surface area contributed by atoms with E-state index in [1.807, 2.05) is 24.3 Å². The molecule has 0 bridgehead atoms. The molecule has 1 aromatic heterocycles. The number of aliphatic imine (C=N–C) groups is 1. The smallest absolute Gasteiger partial charge is 0.415 e. The van der Waals surface area contributed by atoms with Crippen LogP contribution in [-0.4, -0.2) is 77.4 Å². The lowest BCUT2D eigenvalue weighted by atomic mass is 10.2. The summed E-state index contributed by atoms with van der Waals surface area (Å²) in [5, 5.41) is 12.2. The third-order valence-electron chi connectivity index (χ3n) is 7.49. The highest BCUT2D eigenvalue weighted by molar-refractivity contribution is 5.94. The summed E-state index contributed by atoms with van der Waals surface area (Å²) in [7, 11) is 0. The number of pyridine rings is 1. The molecule has 2 atom stereocenters. The van der Waals surface area contributed by atoms with Gasteiger partial charge in [-0.25, -0.2) is 23.8 Å². The van der Waals surface area contributed by atoms with Crippen molar-refractivity contribution in [2.75, 3.05) is 47.8 Å². The van der Waals surface area contributed by atoms with Gasteiger partial charge in [-0.3, -0.25) is 19.9 Å². The fourth-order valence-electron chi connectivity index (χ4n) is 5.29. The van der Waals surface area contributed by atoms with E-state index in [0.717, 1.165) is 29.3 Å². The lowest BCUT2D eigenvalue weighted by molar-refractivity contribution is 0.126. The fraction of sp³-hybridized carbons (Fsp3) is 0.286. The average Bonchev–Trinajstić information content (AvgIpc) is 3.58. The van der Waals surface area contributed by atoms with Gasteiger partial charge in [0.25, 0.3) is 0 Å². The van der Waals surface area contributed by atoms with Crippen molar-refractivity contribution in [3.8, 4) is 0 Å². The number of hydrogen-bond donors (Lipinski definition) is 3. The molecule has 3 amide bonds. The molecule has 3 aromatic rings. The quantitative estimate of drug-likeness (QED) is 0.182. The summed E-state index contributed by atoms with van der Waals surface area (Å²) in [6.07, 6.45) is 3.72. The van der Waals surface area contributed by atoms with Crippen molar-refractivity contribution in [2.45, 2.75) is 18.1 Å². The Balaban J connectivity index is 1.11. The van der Waals surface area contributed by atoms with Crippen LogP contribution >= 0.6 is 0 Å². The molecule has 2 saturated heterocycles. The fourth-order valence-corrected chi connectivity index (χ4v) is 5.29. The summed E-state index contributed by atoms with van der Waals surface area (Å²) in [6, 6.07) is 10.5. The zero-order chi connectivity index (χ0) is 29.4. The molecule has 2 aromatic carbocycles. The first-order chi connectivity index (χ1) is 20.3. The van der Waals surface area contributed by atoms with Crippen LogP contribution in [0, 0.1) is 11.6 Å². The molecule has 218 valence electrons. The molecule has 2 aliphatic heterocycles. The Kier molecular flexibility index (Phi) is 6.98. The molecule has 3 fully saturated rings.